The highest BCUT2D eigenvalue weighted by Crippen LogP contribution is 2.36. The van der Waals surface area contributed by atoms with E-state index in [9.17, 15) is 13.2 Å². The lowest BCUT2D eigenvalue weighted by Gasteiger charge is -2.27. The minimum absolute atomic E-state index is 0.0143. The molecule has 6 rings (SSSR count). The zero-order chi connectivity index (χ0) is 25.7. The van der Waals surface area contributed by atoms with Gasteiger partial charge in [0.1, 0.15) is 18.9 Å². The average molecular weight is 524 g/mol. The van der Waals surface area contributed by atoms with Crippen LogP contribution < -0.4 is 14.8 Å². The zero-order valence-corrected chi connectivity index (χ0v) is 21.6. The number of imidazole rings is 1. The predicted octanol–water partition coefficient (Wildman–Crippen LogP) is 1.56. The second kappa shape index (κ2) is 9.16. The number of benzene rings is 1. The van der Waals surface area contributed by atoms with Gasteiger partial charge in [-0.2, -0.15) is 4.31 Å². The Morgan fingerprint density at radius 1 is 1.08 bits per heavy atom. The van der Waals surface area contributed by atoms with Gasteiger partial charge in [0.2, 0.25) is 15.9 Å². The van der Waals surface area contributed by atoms with Crippen LogP contribution in [0.5, 0.6) is 11.5 Å². The first-order chi connectivity index (χ1) is 17.8. The molecule has 1 aromatic carbocycles. The molecule has 1 atom stereocenters. The summed E-state index contributed by atoms with van der Waals surface area (Å²) in [4.78, 5) is 20.2. The van der Waals surface area contributed by atoms with Gasteiger partial charge in [-0.25, -0.2) is 13.4 Å². The first kappa shape index (κ1) is 24.0. The van der Waals surface area contributed by atoms with Gasteiger partial charge >= 0.3 is 0 Å². The maximum absolute atomic E-state index is 13.7. The molecule has 11 heteroatoms. The van der Waals surface area contributed by atoms with Gasteiger partial charge < -0.3 is 24.1 Å². The van der Waals surface area contributed by atoms with Crippen LogP contribution in [0.15, 0.2) is 58.9 Å². The smallest absolute Gasteiger partial charge is 0.243 e. The van der Waals surface area contributed by atoms with E-state index in [2.05, 4.69) is 10.3 Å². The van der Waals surface area contributed by atoms with Crippen LogP contribution in [0.2, 0.25) is 0 Å². The molecule has 0 saturated carbocycles. The van der Waals surface area contributed by atoms with Gasteiger partial charge in [0.05, 0.1) is 10.8 Å². The third-order valence-corrected chi connectivity index (χ3v) is 8.98. The first-order valence-corrected chi connectivity index (χ1v) is 13.8. The summed E-state index contributed by atoms with van der Waals surface area (Å²) in [6.07, 6.45) is 5.62. The van der Waals surface area contributed by atoms with E-state index >= 15 is 0 Å². The molecule has 0 aliphatic carbocycles. The van der Waals surface area contributed by atoms with Crippen LogP contribution in [0.1, 0.15) is 17.0 Å². The number of hydrogen-bond donors (Lipinski definition) is 1. The molecule has 1 amide bonds. The van der Waals surface area contributed by atoms with Crippen molar-refractivity contribution >= 4 is 21.6 Å². The molecule has 3 aromatic rings. The zero-order valence-electron chi connectivity index (χ0n) is 20.8. The minimum atomic E-state index is -3.71. The van der Waals surface area contributed by atoms with Gasteiger partial charge in [0.25, 0.3) is 0 Å². The molecule has 37 heavy (non-hydrogen) atoms. The third kappa shape index (κ3) is 4.16. The lowest BCUT2D eigenvalue weighted by molar-refractivity contribution is -0.131. The number of aryl methyl sites for hydroxylation is 1. The molecule has 2 aromatic heterocycles. The van der Waals surface area contributed by atoms with Crippen LogP contribution in [0.4, 0.5) is 0 Å². The van der Waals surface area contributed by atoms with E-state index in [1.54, 1.807) is 18.3 Å². The topological polar surface area (TPSA) is 105 Å². The van der Waals surface area contributed by atoms with Gasteiger partial charge in [0.15, 0.2) is 11.5 Å². The molecule has 3 aliphatic heterocycles. The van der Waals surface area contributed by atoms with Crippen LogP contribution in [0.25, 0.3) is 5.65 Å². The first-order valence-electron chi connectivity index (χ1n) is 12.3. The fourth-order valence-electron chi connectivity index (χ4n) is 5.42. The van der Waals surface area contributed by atoms with Crippen molar-refractivity contribution in [2.45, 2.75) is 17.7 Å². The molecule has 0 radical (unpaired) electrons. The Balaban J connectivity index is 1.18. The summed E-state index contributed by atoms with van der Waals surface area (Å²) in [6, 6.07) is 6.76. The lowest BCUT2D eigenvalue weighted by Crippen LogP contribution is -2.40. The molecule has 5 heterocycles. The number of aromatic nitrogens is 2. The quantitative estimate of drug-likeness (QED) is 0.489. The molecule has 0 spiro atoms. The average Bonchev–Trinajstić information content (AvgIpc) is 3.61. The number of rotatable bonds is 6. The van der Waals surface area contributed by atoms with E-state index in [0.717, 1.165) is 27.9 Å². The number of carbonyl (C=O) groups excluding carboxylic acids is 1. The van der Waals surface area contributed by atoms with Crippen LogP contribution >= 0.6 is 0 Å². The van der Waals surface area contributed by atoms with E-state index in [-0.39, 0.29) is 23.9 Å². The van der Waals surface area contributed by atoms with E-state index in [4.69, 9.17) is 9.47 Å². The van der Waals surface area contributed by atoms with Crippen LogP contribution in [0, 0.1) is 6.92 Å². The summed E-state index contributed by atoms with van der Waals surface area (Å²) in [5.41, 5.74) is 4.70. The lowest BCUT2D eigenvalue weighted by atomic mass is 9.97. The number of nitrogens with zero attached hydrogens (tertiary/aromatic N) is 4. The highest BCUT2D eigenvalue weighted by atomic mass is 32.2. The fourth-order valence-corrected chi connectivity index (χ4v) is 6.87. The molecule has 10 nitrogen and oxygen atoms in total. The van der Waals surface area contributed by atoms with Crippen molar-refractivity contribution in [3.05, 3.63) is 65.1 Å². The summed E-state index contributed by atoms with van der Waals surface area (Å²) >= 11 is 0. The predicted molar refractivity (Wildman–Crippen MR) is 136 cm³/mol. The fraction of sp³-hybridized carbons (Fsp3) is 0.385. The molecule has 3 aliphatic rings. The van der Waals surface area contributed by atoms with Crippen molar-refractivity contribution in [2.75, 3.05) is 53.0 Å². The number of ether oxygens (including phenoxy) is 2. The summed E-state index contributed by atoms with van der Waals surface area (Å²) in [5.74, 6) is 0.619. The third-order valence-electron chi connectivity index (χ3n) is 7.20. The summed E-state index contributed by atoms with van der Waals surface area (Å²) < 4.78 is 41.3. The Kier molecular flexibility index (Phi) is 5.93. The number of sulfonamides is 1. The van der Waals surface area contributed by atoms with Crippen LogP contribution in [0.3, 0.4) is 0 Å². The summed E-state index contributed by atoms with van der Waals surface area (Å²) in [5, 5.41) is 3.16. The molecular weight excluding hydrogens is 494 g/mol. The van der Waals surface area contributed by atoms with Gasteiger partial charge in [-0.15, -0.1) is 0 Å². The monoisotopic (exact) mass is 523 g/mol. The van der Waals surface area contributed by atoms with Gasteiger partial charge in [-0.3, -0.25) is 4.79 Å². The Morgan fingerprint density at radius 2 is 1.81 bits per heavy atom. The molecule has 0 bridgehead atoms. The Labute approximate surface area is 215 Å². The van der Waals surface area contributed by atoms with E-state index in [1.165, 1.54) is 10.4 Å². The summed E-state index contributed by atoms with van der Waals surface area (Å²) in [6.45, 7) is 4.74. The molecule has 1 unspecified atom stereocenters. The SMILES string of the molecule is CNCC(C(=O)N1CC2=C(C1)CN(S(=O)(=O)c1ccc3c(c1)OCCO3)C2)c1cc(C)cn2ccnc12. The second-order valence-corrected chi connectivity index (χ2v) is 11.7. The van der Waals surface area contributed by atoms with Gasteiger partial charge in [-0.05, 0) is 42.8 Å². The van der Waals surface area contributed by atoms with Crippen LogP contribution in [-0.2, 0) is 14.8 Å². The highest BCUT2D eigenvalue weighted by Gasteiger charge is 2.39. The van der Waals surface area contributed by atoms with E-state index in [1.807, 2.05) is 41.7 Å². The molecule has 194 valence electrons. The van der Waals surface area contributed by atoms with E-state index in [0.29, 0.717) is 44.3 Å². The van der Waals surface area contributed by atoms with Crippen molar-refractivity contribution in [1.29, 1.82) is 0 Å². The van der Waals surface area contributed by atoms with Crippen LogP contribution in [-0.4, -0.2) is 85.9 Å². The Bertz CT molecular complexity index is 1510. The Morgan fingerprint density at radius 3 is 2.54 bits per heavy atom. The number of amides is 1. The minimum Gasteiger partial charge on any atom is -0.486 e. The summed E-state index contributed by atoms with van der Waals surface area (Å²) in [7, 11) is -1.88. The maximum Gasteiger partial charge on any atom is 0.243 e. The molecule has 0 fully saturated rings. The van der Waals surface area contributed by atoms with Crippen molar-refractivity contribution in [3.8, 4) is 11.5 Å². The second-order valence-electron chi connectivity index (χ2n) is 9.72. The number of nitrogens with one attached hydrogen (secondary N) is 1. The number of fused-ring (bicyclic) bond motifs is 2. The molecule has 1 N–H and O–H groups in total. The van der Waals surface area contributed by atoms with Crippen molar-refractivity contribution in [3.63, 3.8) is 0 Å². The number of hydrogen-bond acceptors (Lipinski definition) is 7. The molecule has 0 saturated heterocycles. The van der Waals surface area contributed by atoms with Crippen molar-refractivity contribution in [1.82, 2.24) is 23.9 Å². The van der Waals surface area contributed by atoms with Crippen molar-refractivity contribution < 1.29 is 22.7 Å². The van der Waals surface area contributed by atoms with E-state index < -0.39 is 15.9 Å². The highest BCUT2D eigenvalue weighted by molar-refractivity contribution is 7.89. The number of carbonyl (C=O) groups is 1. The number of likely N-dealkylation sites (N-methyl/N-ethyl adjacent to an activating group) is 1. The number of pyridine rings is 1. The standard InChI is InChI=1S/C26H29N5O5S/c1-17-9-21(25-28-5-6-29(25)12-17)22(11-27-2)26(32)30-13-18-15-31(16-19(18)14-30)37(33,34)20-3-4-23-24(10-20)36-8-7-35-23/h3-6,9-10,12,22,27H,7-8,11,13-16H2,1-2H3. The largest absolute Gasteiger partial charge is 0.486 e. The maximum atomic E-state index is 13.7. The van der Waals surface area contributed by atoms with Gasteiger partial charge in [-0.1, -0.05) is 6.07 Å². The van der Waals surface area contributed by atoms with Gasteiger partial charge in [0, 0.05) is 62.9 Å². The molecular formula is C26H29N5O5S. The normalized spacial score (nSPS) is 18.5. The van der Waals surface area contributed by atoms with Crippen molar-refractivity contribution in [2.24, 2.45) is 0 Å². The Hall–Kier alpha value is -3.41.